The average molecular weight is 242 g/mol. The Morgan fingerprint density at radius 2 is 2.19 bits per heavy atom. The van der Waals surface area contributed by atoms with Gasteiger partial charge >= 0.3 is 0 Å². The first kappa shape index (κ1) is 13.5. The first-order chi connectivity index (χ1) is 7.63. The molecule has 1 rings (SSSR count). The topological polar surface area (TPSA) is 24.9 Å². The fraction of sp³-hybridized carbons (Fsp3) is 0.583. The van der Waals surface area contributed by atoms with Gasteiger partial charge in [0, 0.05) is 12.1 Å². The van der Waals surface area contributed by atoms with Crippen LogP contribution in [0.1, 0.15) is 32.0 Å². The molecule has 0 fully saturated rings. The van der Waals surface area contributed by atoms with E-state index in [1.54, 1.807) is 6.07 Å². The van der Waals surface area contributed by atoms with Gasteiger partial charge in [0.15, 0.2) is 0 Å². The van der Waals surface area contributed by atoms with Crippen LogP contribution in [0.3, 0.4) is 0 Å². The molecule has 4 heteroatoms. The molecule has 1 heterocycles. The summed E-state index contributed by atoms with van der Waals surface area (Å²) < 4.78 is 12.7. The normalized spacial score (nSPS) is 14.8. The largest absolute Gasteiger partial charge is 0.306 e. The highest BCUT2D eigenvalue weighted by molar-refractivity contribution is 7.98. The molecule has 1 aromatic rings. The summed E-state index contributed by atoms with van der Waals surface area (Å²) >= 11 is 1.85. The van der Waals surface area contributed by atoms with Gasteiger partial charge in [0.2, 0.25) is 0 Å². The van der Waals surface area contributed by atoms with E-state index in [1.165, 1.54) is 12.3 Å². The lowest BCUT2D eigenvalue weighted by Crippen LogP contribution is -2.29. The molecule has 0 saturated carbocycles. The predicted octanol–water partition coefficient (Wildman–Crippen LogP) is 3.01. The third-order valence-corrected chi connectivity index (χ3v) is 3.13. The molecule has 90 valence electrons. The van der Waals surface area contributed by atoms with Crippen molar-refractivity contribution in [3.05, 3.63) is 29.8 Å². The van der Waals surface area contributed by atoms with Gasteiger partial charge in [-0.1, -0.05) is 0 Å². The van der Waals surface area contributed by atoms with Crippen molar-refractivity contribution >= 4 is 11.8 Å². The zero-order valence-electron chi connectivity index (χ0n) is 10.0. The first-order valence-corrected chi connectivity index (χ1v) is 6.89. The molecule has 0 spiro atoms. The smallest absolute Gasteiger partial charge is 0.141 e. The Morgan fingerprint density at radius 3 is 2.75 bits per heavy atom. The van der Waals surface area contributed by atoms with Crippen LogP contribution in [0.5, 0.6) is 0 Å². The number of thioether (sulfide) groups is 1. The molecule has 2 atom stereocenters. The minimum atomic E-state index is -0.286. The fourth-order valence-corrected chi connectivity index (χ4v) is 2.12. The van der Waals surface area contributed by atoms with Crippen molar-refractivity contribution in [2.45, 2.75) is 32.4 Å². The maximum absolute atomic E-state index is 12.7. The molecule has 0 bridgehead atoms. The van der Waals surface area contributed by atoms with Gasteiger partial charge in [-0.3, -0.25) is 4.98 Å². The van der Waals surface area contributed by atoms with E-state index in [0.717, 1.165) is 17.9 Å². The van der Waals surface area contributed by atoms with Crippen LogP contribution in [0, 0.1) is 5.82 Å². The molecule has 2 unspecified atom stereocenters. The number of nitrogens with one attached hydrogen (secondary N) is 1. The van der Waals surface area contributed by atoms with E-state index in [-0.39, 0.29) is 11.9 Å². The van der Waals surface area contributed by atoms with Crippen molar-refractivity contribution in [2.24, 2.45) is 0 Å². The van der Waals surface area contributed by atoms with Crippen LogP contribution < -0.4 is 5.32 Å². The van der Waals surface area contributed by atoms with Gasteiger partial charge in [-0.15, -0.1) is 0 Å². The highest BCUT2D eigenvalue weighted by Gasteiger charge is 2.10. The molecule has 2 nitrogen and oxygen atoms in total. The van der Waals surface area contributed by atoms with E-state index in [4.69, 9.17) is 0 Å². The van der Waals surface area contributed by atoms with Crippen LogP contribution in [-0.2, 0) is 0 Å². The molecule has 0 saturated heterocycles. The molecule has 16 heavy (non-hydrogen) atoms. The van der Waals surface area contributed by atoms with Crippen molar-refractivity contribution in [2.75, 3.05) is 12.0 Å². The second-order valence-corrected chi connectivity index (χ2v) is 4.96. The number of rotatable bonds is 6. The lowest BCUT2D eigenvalue weighted by atomic mass is 10.1. The van der Waals surface area contributed by atoms with Gasteiger partial charge in [0.1, 0.15) is 5.82 Å². The summed E-state index contributed by atoms with van der Waals surface area (Å²) in [6, 6.07) is 3.80. The minimum absolute atomic E-state index is 0.164. The summed E-state index contributed by atoms with van der Waals surface area (Å²) in [5.41, 5.74) is 0.886. The number of hydrogen-bond donors (Lipinski definition) is 1. The number of hydrogen-bond acceptors (Lipinski definition) is 3. The summed E-state index contributed by atoms with van der Waals surface area (Å²) in [7, 11) is 0. The lowest BCUT2D eigenvalue weighted by Gasteiger charge is -2.19. The van der Waals surface area contributed by atoms with Gasteiger partial charge in [0.05, 0.1) is 11.9 Å². The van der Waals surface area contributed by atoms with Crippen LogP contribution in [0.2, 0.25) is 0 Å². The Kier molecular flexibility index (Phi) is 5.77. The molecular weight excluding hydrogens is 223 g/mol. The first-order valence-electron chi connectivity index (χ1n) is 5.50. The highest BCUT2D eigenvalue weighted by Crippen LogP contribution is 2.11. The van der Waals surface area contributed by atoms with Crippen LogP contribution in [0.25, 0.3) is 0 Å². The van der Waals surface area contributed by atoms with Gasteiger partial charge in [0.25, 0.3) is 0 Å². The van der Waals surface area contributed by atoms with Gasteiger partial charge < -0.3 is 5.32 Å². The van der Waals surface area contributed by atoms with Crippen LogP contribution in [0.15, 0.2) is 18.3 Å². The third kappa shape index (κ3) is 4.49. The second kappa shape index (κ2) is 6.86. The maximum atomic E-state index is 12.7. The lowest BCUT2D eigenvalue weighted by molar-refractivity contribution is 0.463. The van der Waals surface area contributed by atoms with E-state index in [0.29, 0.717) is 6.04 Å². The van der Waals surface area contributed by atoms with Crippen molar-refractivity contribution in [1.82, 2.24) is 10.3 Å². The van der Waals surface area contributed by atoms with E-state index >= 15 is 0 Å². The average Bonchev–Trinajstić information content (AvgIpc) is 2.27. The Hall–Kier alpha value is -0.610. The number of halogens is 1. The molecule has 0 aliphatic rings. The molecule has 0 aliphatic heterocycles. The van der Waals surface area contributed by atoms with Crippen molar-refractivity contribution in [3.8, 4) is 0 Å². The SMILES string of the molecule is CSCCC(C)NC(C)c1ccc(F)cn1. The Labute approximate surface area is 101 Å². The standard InChI is InChI=1S/C12H19FN2S/c1-9(6-7-16-3)15-10(2)12-5-4-11(13)8-14-12/h4-5,8-10,15H,6-7H2,1-3H3. The predicted molar refractivity (Wildman–Crippen MR) is 68.2 cm³/mol. The van der Waals surface area contributed by atoms with Crippen LogP contribution >= 0.6 is 11.8 Å². The Balaban J connectivity index is 2.45. The Bertz CT molecular complexity index is 302. The summed E-state index contributed by atoms with van der Waals surface area (Å²) in [5, 5.41) is 3.45. The second-order valence-electron chi connectivity index (χ2n) is 3.97. The van der Waals surface area contributed by atoms with Crippen LogP contribution in [0.4, 0.5) is 4.39 Å². The molecule has 1 N–H and O–H groups in total. The fourth-order valence-electron chi connectivity index (χ4n) is 1.53. The summed E-state index contributed by atoms with van der Waals surface area (Å²) in [5.74, 6) is 0.865. The molecule has 1 aromatic heterocycles. The summed E-state index contributed by atoms with van der Waals surface area (Å²) in [4.78, 5) is 4.07. The summed E-state index contributed by atoms with van der Waals surface area (Å²) in [6.07, 6.45) is 4.50. The van der Waals surface area contributed by atoms with E-state index in [9.17, 15) is 4.39 Å². The zero-order chi connectivity index (χ0) is 12.0. The van der Waals surface area contributed by atoms with E-state index in [2.05, 4.69) is 30.4 Å². The zero-order valence-corrected chi connectivity index (χ0v) is 10.9. The molecule has 0 radical (unpaired) electrons. The van der Waals surface area contributed by atoms with E-state index < -0.39 is 0 Å². The van der Waals surface area contributed by atoms with Crippen molar-refractivity contribution < 1.29 is 4.39 Å². The quantitative estimate of drug-likeness (QED) is 0.830. The maximum Gasteiger partial charge on any atom is 0.141 e. The molecular formula is C12H19FN2S. The third-order valence-electron chi connectivity index (χ3n) is 2.48. The highest BCUT2D eigenvalue weighted by atomic mass is 32.2. The number of aromatic nitrogens is 1. The number of nitrogens with zero attached hydrogens (tertiary/aromatic N) is 1. The minimum Gasteiger partial charge on any atom is -0.306 e. The van der Waals surface area contributed by atoms with Gasteiger partial charge in [-0.05, 0) is 44.4 Å². The number of pyridine rings is 1. The van der Waals surface area contributed by atoms with Crippen LogP contribution in [-0.4, -0.2) is 23.0 Å². The van der Waals surface area contributed by atoms with Crippen molar-refractivity contribution in [3.63, 3.8) is 0 Å². The van der Waals surface area contributed by atoms with Crippen molar-refractivity contribution in [1.29, 1.82) is 0 Å². The molecule has 0 amide bonds. The van der Waals surface area contributed by atoms with E-state index in [1.807, 2.05) is 11.8 Å². The summed E-state index contributed by atoms with van der Waals surface area (Å²) in [6.45, 7) is 4.21. The molecule has 0 aliphatic carbocycles. The van der Waals surface area contributed by atoms with Gasteiger partial charge in [-0.25, -0.2) is 4.39 Å². The molecule has 0 aromatic carbocycles. The van der Waals surface area contributed by atoms with Gasteiger partial charge in [-0.2, -0.15) is 11.8 Å². The Morgan fingerprint density at radius 1 is 1.44 bits per heavy atom. The monoisotopic (exact) mass is 242 g/mol.